The van der Waals surface area contributed by atoms with Crippen molar-refractivity contribution in [3.8, 4) is 0 Å². The summed E-state index contributed by atoms with van der Waals surface area (Å²) in [5, 5.41) is 6.45. The molecule has 1 heterocycles. The molecule has 0 saturated carbocycles. The van der Waals surface area contributed by atoms with Crippen LogP contribution >= 0.6 is 11.3 Å². The summed E-state index contributed by atoms with van der Waals surface area (Å²) < 4.78 is 0. The van der Waals surface area contributed by atoms with E-state index in [9.17, 15) is 0 Å². The third-order valence-corrected chi connectivity index (χ3v) is 1.92. The molecule has 0 spiro atoms. The maximum Gasteiger partial charge on any atom is 0.106 e. The van der Waals surface area contributed by atoms with E-state index in [0.29, 0.717) is 6.04 Å². The number of rotatable bonds is 3. The van der Waals surface area contributed by atoms with Gasteiger partial charge >= 0.3 is 0 Å². The molecule has 0 amide bonds. The van der Waals surface area contributed by atoms with Crippen LogP contribution in [0.5, 0.6) is 0 Å². The largest absolute Gasteiger partial charge is 0.308 e. The van der Waals surface area contributed by atoms with Crippen LogP contribution in [0.4, 0.5) is 0 Å². The number of thiazole rings is 1. The van der Waals surface area contributed by atoms with Gasteiger partial charge in [0.05, 0.1) is 0 Å². The van der Waals surface area contributed by atoms with Crippen molar-refractivity contribution in [1.29, 1.82) is 0 Å². The van der Waals surface area contributed by atoms with Crippen molar-refractivity contribution >= 4 is 11.3 Å². The fourth-order valence-corrected chi connectivity index (χ4v) is 1.20. The summed E-state index contributed by atoms with van der Waals surface area (Å²) >= 11 is 1.69. The number of nitrogens with one attached hydrogen (secondary N) is 1. The summed E-state index contributed by atoms with van der Waals surface area (Å²) in [5.41, 5.74) is 0. The summed E-state index contributed by atoms with van der Waals surface area (Å²) in [6.45, 7) is 5.16. The van der Waals surface area contributed by atoms with Gasteiger partial charge in [0.2, 0.25) is 0 Å². The van der Waals surface area contributed by atoms with Crippen molar-refractivity contribution in [3.63, 3.8) is 0 Å². The molecule has 56 valence electrons. The lowest BCUT2D eigenvalue weighted by Gasteiger charge is -2.03. The average Bonchev–Trinajstić information content (AvgIpc) is 2.34. The molecule has 0 aromatic carbocycles. The fraction of sp³-hybridized carbons (Fsp3) is 0.571. The topological polar surface area (TPSA) is 24.9 Å². The van der Waals surface area contributed by atoms with Gasteiger partial charge in [0.25, 0.3) is 0 Å². The molecule has 1 aromatic heterocycles. The molecule has 0 aliphatic carbocycles. The van der Waals surface area contributed by atoms with Crippen LogP contribution in [0.25, 0.3) is 0 Å². The van der Waals surface area contributed by atoms with Crippen molar-refractivity contribution in [2.24, 2.45) is 0 Å². The minimum atomic E-state index is 0.545. The Balaban J connectivity index is 2.28. The highest BCUT2D eigenvalue weighted by Gasteiger charge is 1.95. The molecular formula is C7H12N2S. The lowest BCUT2D eigenvalue weighted by molar-refractivity contribution is 0.587. The first kappa shape index (κ1) is 7.69. The van der Waals surface area contributed by atoms with Gasteiger partial charge in [-0.05, 0) is 0 Å². The van der Waals surface area contributed by atoms with E-state index in [1.54, 1.807) is 11.3 Å². The van der Waals surface area contributed by atoms with Gasteiger partial charge < -0.3 is 5.32 Å². The monoisotopic (exact) mass is 156 g/mol. The summed E-state index contributed by atoms with van der Waals surface area (Å²) in [7, 11) is 0. The van der Waals surface area contributed by atoms with Crippen molar-refractivity contribution in [2.75, 3.05) is 0 Å². The normalized spacial score (nSPS) is 10.7. The first-order valence-electron chi connectivity index (χ1n) is 3.41. The molecule has 0 saturated heterocycles. The standard InChI is InChI=1S/C7H12N2S/c1-6(2)9-5-7-8-3-4-10-7/h3-4,6,9H,5H2,1-2H3. The zero-order valence-electron chi connectivity index (χ0n) is 6.29. The maximum atomic E-state index is 4.14. The minimum Gasteiger partial charge on any atom is -0.308 e. The summed E-state index contributed by atoms with van der Waals surface area (Å²) in [4.78, 5) is 4.14. The maximum absolute atomic E-state index is 4.14. The molecule has 0 aliphatic heterocycles. The van der Waals surface area contributed by atoms with Crippen LogP contribution < -0.4 is 5.32 Å². The molecule has 0 bridgehead atoms. The summed E-state index contributed by atoms with van der Waals surface area (Å²) in [6, 6.07) is 0.545. The van der Waals surface area contributed by atoms with Gasteiger partial charge in [-0.1, -0.05) is 13.8 Å². The first-order chi connectivity index (χ1) is 4.79. The van der Waals surface area contributed by atoms with Gasteiger partial charge in [0.1, 0.15) is 5.01 Å². The van der Waals surface area contributed by atoms with E-state index in [4.69, 9.17) is 0 Å². The lowest BCUT2D eigenvalue weighted by Crippen LogP contribution is -2.21. The third-order valence-electron chi connectivity index (χ3n) is 1.15. The van der Waals surface area contributed by atoms with Crippen LogP contribution in [0.1, 0.15) is 18.9 Å². The van der Waals surface area contributed by atoms with Crippen molar-refractivity contribution in [2.45, 2.75) is 26.4 Å². The quantitative estimate of drug-likeness (QED) is 0.719. The Hall–Kier alpha value is -0.410. The predicted molar refractivity (Wildman–Crippen MR) is 44.1 cm³/mol. The molecule has 0 radical (unpaired) electrons. The Bertz CT molecular complexity index is 170. The Labute approximate surface area is 65.3 Å². The molecule has 0 unspecified atom stereocenters. The van der Waals surface area contributed by atoms with E-state index < -0.39 is 0 Å². The van der Waals surface area contributed by atoms with E-state index in [-0.39, 0.29) is 0 Å². The zero-order chi connectivity index (χ0) is 7.40. The average molecular weight is 156 g/mol. The molecule has 1 aromatic rings. The van der Waals surface area contributed by atoms with E-state index in [1.165, 1.54) is 0 Å². The van der Waals surface area contributed by atoms with Crippen LogP contribution in [-0.4, -0.2) is 11.0 Å². The molecule has 0 fully saturated rings. The Morgan fingerprint density at radius 1 is 1.70 bits per heavy atom. The van der Waals surface area contributed by atoms with E-state index >= 15 is 0 Å². The minimum absolute atomic E-state index is 0.545. The van der Waals surface area contributed by atoms with E-state index in [0.717, 1.165) is 11.6 Å². The van der Waals surface area contributed by atoms with Gasteiger partial charge in [-0.3, -0.25) is 0 Å². The second kappa shape index (κ2) is 3.68. The second-order valence-electron chi connectivity index (χ2n) is 2.46. The SMILES string of the molecule is CC(C)NCc1nccs1. The molecule has 2 nitrogen and oxygen atoms in total. The molecule has 1 rings (SSSR count). The highest BCUT2D eigenvalue weighted by molar-refractivity contribution is 7.09. The van der Waals surface area contributed by atoms with Crippen LogP contribution in [0.15, 0.2) is 11.6 Å². The van der Waals surface area contributed by atoms with Gasteiger partial charge in [-0.25, -0.2) is 4.98 Å². The second-order valence-corrected chi connectivity index (χ2v) is 3.44. The Kier molecular flexibility index (Phi) is 2.83. The van der Waals surface area contributed by atoms with Crippen molar-refractivity contribution < 1.29 is 0 Å². The third kappa shape index (κ3) is 2.45. The smallest absolute Gasteiger partial charge is 0.106 e. The highest BCUT2D eigenvalue weighted by Crippen LogP contribution is 2.02. The van der Waals surface area contributed by atoms with Crippen LogP contribution in [0, 0.1) is 0 Å². The first-order valence-corrected chi connectivity index (χ1v) is 4.29. The molecule has 10 heavy (non-hydrogen) atoms. The van der Waals surface area contributed by atoms with Gasteiger partial charge in [-0.15, -0.1) is 11.3 Å². The van der Waals surface area contributed by atoms with Gasteiger partial charge in [-0.2, -0.15) is 0 Å². The number of hydrogen-bond acceptors (Lipinski definition) is 3. The highest BCUT2D eigenvalue weighted by atomic mass is 32.1. The number of aromatic nitrogens is 1. The van der Waals surface area contributed by atoms with Crippen LogP contribution in [-0.2, 0) is 6.54 Å². The Morgan fingerprint density at radius 3 is 3.00 bits per heavy atom. The van der Waals surface area contributed by atoms with Crippen LogP contribution in [0.3, 0.4) is 0 Å². The predicted octanol–water partition coefficient (Wildman–Crippen LogP) is 1.64. The summed E-state index contributed by atoms with van der Waals surface area (Å²) in [6.07, 6.45) is 1.84. The number of nitrogens with zero attached hydrogens (tertiary/aromatic N) is 1. The van der Waals surface area contributed by atoms with Gasteiger partial charge in [0.15, 0.2) is 0 Å². The van der Waals surface area contributed by atoms with Gasteiger partial charge in [0, 0.05) is 24.2 Å². The van der Waals surface area contributed by atoms with Crippen molar-refractivity contribution in [1.82, 2.24) is 10.3 Å². The fourth-order valence-electron chi connectivity index (χ4n) is 0.632. The van der Waals surface area contributed by atoms with Crippen molar-refractivity contribution in [3.05, 3.63) is 16.6 Å². The number of hydrogen-bond donors (Lipinski definition) is 1. The molecule has 0 atom stereocenters. The van der Waals surface area contributed by atoms with E-state index in [2.05, 4.69) is 24.1 Å². The summed E-state index contributed by atoms with van der Waals surface area (Å²) in [5.74, 6) is 0. The Morgan fingerprint density at radius 2 is 2.50 bits per heavy atom. The zero-order valence-corrected chi connectivity index (χ0v) is 7.11. The lowest BCUT2D eigenvalue weighted by atomic mass is 10.4. The molecular weight excluding hydrogens is 144 g/mol. The molecule has 1 N–H and O–H groups in total. The molecule has 0 aliphatic rings. The van der Waals surface area contributed by atoms with Crippen LogP contribution in [0.2, 0.25) is 0 Å². The van der Waals surface area contributed by atoms with E-state index in [1.807, 2.05) is 11.6 Å². The molecule has 3 heteroatoms.